The van der Waals surface area contributed by atoms with Crippen LogP contribution in [0.1, 0.15) is 65.0 Å². The van der Waals surface area contributed by atoms with Gasteiger partial charge in [-0.05, 0) is 53.7 Å². The van der Waals surface area contributed by atoms with Gasteiger partial charge in [-0.2, -0.15) is 4.98 Å². The normalized spacial score (nSPS) is 18.2. The Morgan fingerprint density at radius 2 is 2.07 bits per heavy atom. The van der Waals surface area contributed by atoms with E-state index in [0.717, 1.165) is 13.1 Å². The number of amides is 1. The first-order valence-electron chi connectivity index (χ1n) is 9.28. The lowest BCUT2D eigenvalue weighted by Gasteiger charge is -2.33. The van der Waals surface area contributed by atoms with Gasteiger partial charge in [-0.15, -0.1) is 0 Å². The number of aromatic nitrogens is 3. The van der Waals surface area contributed by atoms with Gasteiger partial charge >= 0.3 is 6.09 Å². The third kappa shape index (κ3) is 4.50. The van der Waals surface area contributed by atoms with Crippen molar-refractivity contribution in [3.8, 4) is 0 Å². The summed E-state index contributed by atoms with van der Waals surface area (Å²) in [7, 11) is 0. The van der Waals surface area contributed by atoms with E-state index in [1.54, 1.807) is 0 Å². The first-order chi connectivity index (χ1) is 12.5. The van der Waals surface area contributed by atoms with Gasteiger partial charge in [-0.1, -0.05) is 5.16 Å². The number of ether oxygens (including phenoxy) is 1. The van der Waals surface area contributed by atoms with Crippen molar-refractivity contribution in [2.24, 2.45) is 0 Å². The lowest BCUT2D eigenvalue weighted by Crippen LogP contribution is -2.44. The zero-order valence-electron chi connectivity index (χ0n) is 16.9. The molecule has 8 heteroatoms. The van der Waals surface area contributed by atoms with Crippen molar-refractivity contribution < 1.29 is 14.1 Å². The Morgan fingerprint density at radius 3 is 2.78 bits per heavy atom. The Labute approximate surface area is 159 Å². The maximum Gasteiger partial charge on any atom is 0.408 e. The Kier molecular flexibility index (Phi) is 5.03. The average molecular weight is 375 g/mol. The lowest BCUT2D eigenvalue weighted by molar-refractivity contribution is 0.0465. The monoisotopic (exact) mass is 375 g/mol. The highest BCUT2D eigenvalue weighted by atomic mass is 16.6. The van der Waals surface area contributed by atoms with Gasteiger partial charge in [0, 0.05) is 31.0 Å². The minimum Gasteiger partial charge on any atom is -0.444 e. The predicted octanol–water partition coefficient (Wildman–Crippen LogP) is 3.21. The summed E-state index contributed by atoms with van der Waals surface area (Å²) in [6.45, 7) is 13.7. The molecule has 0 saturated heterocycles. The van der Waals surface area contributed by atoms with E-state index in [1.807, 2.05) is 34.6 Å². The molecule has 1 N–H and O–H groups in total. The molecule has 0 aliphatic carbocycles. The average Bonchev–Trinajstić information content (AvgIpc) is 3.17. The quantitative estimate of drug-likeness (QED) is 0.883. The van der Waals surface area contributed by atoms with Gasteiger partial charge in [0.1, 0.15) is 11.1 Å². The number of carbonyl (C=O) groups is 1. The van der Waals surface area contributed by atoms with Crippen LogP contribution >= 0.6 is 0 Å². The molecule has 0 spiro atoms. The van der Waals surface area contributed by atoms with Gasteiger partial charge in [-0.3, -0.25) is 4.90 Å². The summed E-state index contributed by atoms with van der Waals surface area (Å²) >= 11 is 0. The van der Waals surface area contributed by atoms with Crippen molar-refractivity contribution in [1.82, 2.24) is 24.9 Å². The van der Waals surface area contributed by atoms with Gasteiger partial charge < -0.3 is 19.1 Å². The van der Waals surface area contributed by atoms with Crippen LogP contribution in [-0.4, -0.2) is 37.8 Å². The predicted molar refractivity (Wildman–Crippen MR) is 100.0 cm³/mol. The summed E-state index contributed by atoms with van der Waals surface area (Å²) in [4.78, 5) is 18.9. The third-order valence-electron chi connectivity index (χ3n) is 4.65. The van der Waals surface area contributed by atoms with Crippen LogP contribution in [-0.2, 0) is 23.4 Å². The fraction of sp³-hybridized carbons (Fsp3) is 0.632. The molecule has 148 valence electrons. The molecule has 2 aromatic rings. The Hall–Kier alpha value is -2.35. The Bertz CT molecular complexity index is 802. The molecule has 0 fully saturated rings. The molecule has 0 aromatic carbocycles. The SMILES string of the molecule is CC1c2cccn2CCN1Cc1nc(C(C)(C)NC(=O)OC(C)(C)C)no1. The van der Waals surface area contributed by atoms with Crippen LogP contribution in [0.15, 0.2) is 22.9 Å². The molecule has 3 heterocycles. The second-order valence-corrected chi connectivity index (χ2v) is 8.54. The third-order valence-corrected chi connectivity index (χ3v) is 4.65. The molecular weight excluding hydrogens is 346 g/mol. The largest absolute Gasteiger partial charge is 0.444 e. The van der Waals surface area contributed by atoms with E-state index < -0.39 is 17.2 Å². The topological polar surface area (TPSA) is 85.4 Å². The first-order valence-corrected chi connectivity index (χ1v) is 9.28. The molecule has 1 aliphatic rings. The van der Waals surface area contributed by atoms with E-state index in [-0.39, 0.29) is 6.04 Å². The highest BCUT2D eigenvalue weighted by Gasteiger charge is 2.32. The molecular formula is C19H29N5O3. The summed E-state index contributed by atoms with van der Waals surface area (Å²) < 4.78 is 13.0. The highest BCUT2D eigenvalue weighted by Crippen LogP contribution is 2.27. The minimum atomic E-state index is -0.799. The molecule has 8 nitrogen and oxygen atoms in total. The second kappa shape index (κ2) is 6.99. The number of nitrogens with zero attached hydrogens (tertiary/aromatic N) is 4. The van der Waals surface area contributed by atoms with Crippen LogP contribution in [0.4, 0.5) is 4.79 Å². The zero-order valence-corrected chi connectivity index (χ0v) is 16.9. The van der Waals surface area contributed by atoms with Gasteiger partial charge in [-0.25, -0.2) is 4.79 Å². The van der Waals surface area contributed by atoms with E-state index >= 15 is 0 Å². The van der Waals surface area contributed by atoms with E-state index in [1.165, 1.54) is 5.69 Å². The minimum absolute atomic E-state index is 0.275. The number of nitrogens with one attached hydrogen (secondary N) is 1. The van der Waals surface area contributed by atoms with Gasteiger partial charge in [0.2, 0.25) is 5.89 Å². The second-order valence-electron chi connectivity index (χ2n) is 8.54. The molecule has 0 bridgehead atoms. The fourth-order valence-electron chi connectivity index (χ4n) is 3.20. The van der Waals surface area contributed by atoms with Gasteiger partial charge in [0.05, 0.1) is 6.54 Å². The van der Waals surface area contributed by atoms with Crippen molar-refractivity contribution in [2.45, 2.75) is 71.8 Å². The maximum atomic E-state index is 12.1. The number of fused-ring (bicyclic) bond motifs is 1. The van der Waals surface area contributed by atoms with E-state index in [2.05, 4.69) is 50.2 Å². The van der Waals surface area contributed by atoms with Crippen molar-refractivity contribution in [3.63, 3.8) is 0 Å². The van der Waals surface area contributed by atoms with E-state index in [9.17, 15) is 4.79 Å². The molecule has 0 saturated carbocycles. The van der Waals surface area contributed by atoms with Crippen molar-refractivity contribution in [1.29, 1.82) is 0 Å². The zero-order chi connectivity index (χ0) is 19.8. The van der Waals surface area contributed by atoms with Crippen LogP contribution in [0.25, 0.3) is 0 Å². The molecule has 1 atom stereocenters. The van der Waals surface area contributed by atoms with Crippen LogP contribution in [0.5, 0.6) is 0 Å². The van der Waals surface area contributed by atoms with Crippen LogP contribution in [0.3, 0.4) is 0 Å². The molecule has 0 radical (unpaired) electrons. The molecule has 1 aliphatic heterocycles. The molecule has 2 aromatic heterocycles. The van der Waals surface area contributed by atoms with Gasteiger partial charge in [0.15, 0.2) is 5.82 Å². The summed E-state index contributed by atoms with van der Waals surface area (Å²) in [5.74, 6) is 0.965. The smallest absolute Gasteiger partial charge is 0.408 e. The number of carbonyl (C=O) groups excluding carboxylic acids is 1. The van der Waals surface area contributed by atoms with Crippen molar-refractivity contribution in [3.05, 3.63) is 35.7 Å². The van der Waals surface area contributed by atoms with Crippen molar-refractivity contribution >= 4 is 6.09 Å². The van der Waals surface area contributed by atoms with Crippen LogP contribution in [0.2, 0.25) is 0 Å². The summed E-state index contributed by atoms with van der Waals surface area (Å²) in [5.41, 5.74) is -0.0790. The standard InChI is InChI=1S/C19H29N5O3/c1-13-14-8-7-9-23(14)10-11-24(13)12-15-20-16(22-27-15)19(5,6)21-17(25)26-18(2,3)4/h7-9,13H,10-12H2,1-6H3,(H,21,25). The summed E-state index contributed by atoms with van der Waals surface area (Å²) in [6, 6.07) is 4.49. The van der Waals surface area contributed by atoms with Gasteiger partial charge in [0.25, 0.3) is 0 Å². The number of rotatable bonds is 4. The Balaban J connectivity index is 1.65. The number of alkyl carbamates (subject to hydrolysis) is 1. The number of hydrogen-bond donors (Lipinski definition) is 1. The lowest BCUT2D eigenvalue weighted by atomic mass is 10.1. The maximum absolute atomic E-state index is 12.1. The summed E-state index contributed by atoms with van der Waals surface area (Å²) in [6.07, 6.45) is 1.60. The van der Waals surface area contributed by atoms with Crippen LogP contribution < -0.4 is 5.32 Å². The highest BCUT2D eigenvalue weighted by molar-refractivity contribution is 5.68. The Morgan fingerprint density at radius 1 is 1.33 bits per heavy atom. The van der Waals surface area contributed by atoms with Crippen molar-refractivity contribution in [2.75, 3.05) is 6.54 Å². The summed E-state index contributed by atoms with van der Waals surface area (Å²) in [5, 5.41) is 6.88. The van der Waals surface area contributed by atoms with Crippen LogP contribution in [0, 0.1) is 0 Å². The fourth-order valence-corrected chi connectivity index (χ4v) is 3.20. The molecule has 27 heavy (non-hydrogen) atoms. The number of hydrogen-bond acceptors (Lipinski definition) is 6. The first kappa shape index (κ1) is 19.4. The molecule has 3 rings (SSSR count). The van der Waals surface area contributed by atoms with E-state index in [4.69, 9.17) is 9.26 Å². The molecule has 1 unspecified atom stereocenters. The van der Waals surface area contributed by atoms with E-state index in [0.29, 0.717) is 18.3 Å². The molecule has 1 amide bonds.